The van der Waals surface area contributed by atoms with E-state index in [1.165, 1.54) is 6.92 Å². The minimum Gasteiger partial charge on any atom is -0.494 e. The lowest BCUT2D eigenvalue weighted by atomic mass is 10.1. The molecule has 0 bridgehead atoms. The van der Waals surface area contributed by atoms with Crippen molar-refractivity contribution in [1.82, 2.24) is 0 Å². The highest BCUT2D eigenvalue weighted by Gasteiger charge is 2.29. The topological polar surface area (TPSA) is 41.5 Å². The number of aliphatic hydroxyl groups is 1. The molecule has 0 spiro atoms. The highest BCUT2D eigenvalue weighted by molar-refractivity contribution is 5.51. The second kappa shape index (κ2) is 6.65. The van der Waals surface area contributed by atoms with Crippen LogP contribution in [0.3, 0.4) is 0 Å². The van der Waals surface area contributed by atoms with Crippen molar-refractivity contribution in [1.29, 1.82) is 0 Å². The van der Waals surface area contributed by atoms with E-state index in [-0.39, 0.29) is 6.61 Å². The van der Waals surface area contributed by atoms with Crippen molar-refractivity contribution in [2.45, 2.75) is 39.1 Å². The third-order valence-electron chi connectivity index (χ3n) is 2.48. The standard InChI is InChI=1S/C13H18F3NO2/c1-3-19-12-5-4-11(6-10(12)8-18)17-9(2)7-13(14,15)16/h4-6,9,17-18H,3,7-8H2,1-2H3. The van der Waals surface area contributed by atoms with E-state index in [9.17, 15) is 18.3 Å². The van der Waals surface area contributed by atoms with Crippen molar-refractivity contribution in [3.05, 3.63) is 23.8 Å². The molecule has 6 heteroatoms. The Labute approximate surface area is 110 Å². The smallest absolute Gasteiger partial charge is 0.391 e. The first-order valence-electron chi connectivity index (χ1n) is 6.05. The van der Waals surface area contributed by atoms with Crippen LogP contribution in [0.15, 0.2) is 18.2 Å². The van der Waals surface area contributed by atoms with E-state index in [0.717, 1.165) is 0 Å². The Morgan fingerprint density at radius 3 is 2.58 bits per heavy atom. The van der Waals surface area contributed by atoms with Crippen molar-refractivity contribution >= 4 is 5.69 Å². The van der Waals surface area contributed by atoms with Gasteiger partial charge < -0.3 is 15.2 Å². The van der Waals surface area contributed by atoms with E-state index in [0.29, 0.717) is 23.6 Å². The maximum absolute atomic E-state index is 12.2. The fourth-order valence-corrected chi connectivity index (χ4v) is 1.77. The number of nitrogens with one attached hydrogen (secondary N) is 1. The summed E-state index contributed by atoms with van der Waals surface area (Å²) in [6.07, 6.45) is -5.11. The van der Waals surface area contributed by atoms with E-state index in [1.807, 2.05) is 6.92 Å². The van der Waals surface area contributed by atoms with Gasteiger partial charge in [0.2, 0.25) is 0 Å². The van der Waals surface area contributed by atoms with Crippen LogP contribution in [-0.4, -0.2) is 23.9 Å². The van der Waals surface area contributed by atoms with Gasteiger partial charge in [-0.05, 0) is 32.0 Å². The van der Waals surface area contributed by atoms with Crippen molar-refractivity contribution in [2.75, 3.05) is 11.9 Å². The SMILES string of the molecule is CCOc1ccc(NC(C)CC(F)(F)F)cc1CO. The second-order valence-electron chi connectivity index (χ2n) is 4.28. The molecule has 0 saturated heterocycles. The number of ether oxygens (including phenoxy) is 1. The van der Waals surface area contributed by atoms with Crippen LogP contribution in [0.2, 0.25) is 0 Å². The Morgan fingerprint density at radius 1 is 1.37 bits per heavy atom. The molecule has 0 radical (unpaired) electrons. The van der Waals surface area contributed by atoms with Gasteiger partial charge in [0.15, 0.2) is 0 Å². The van der Waals surface area contributed by atoms with Crippen molar-refractivity contribution in [3.63, 3.8) is 0 Å². The van der Waals surface area contributed by atoms with Crippen LogP contribution >= 0.6 is 0 Å². The quantitative estimate of drug-likeness (QED) is 0.838. The highest BCUT2D eigenvalue weighted by atomic mass is 19.4. The number of anilines is 1. The van der Waals surface area contributed by atoms with Crippen molar-refractivity contribution < 1.29 is 23.0 Å². The molecule has 108 valence electrons. The lowest BCUT2D eigenvalue weighted by Gasteiger charge is -2.18. The summed E-state index contributed by atoms with van der Waals surface area (Å²) in [6, 6.07) is 4.14. The van der Waals surface area contributed by atoms with Crippen molar-refractivity contribution in [3.8, 4) is 5.75 Å². The molecule has 1 unspecified atom stereocenters. The van der Waals surface area contributed by atoms with Gasteiger partial charge in [0.1, 0.15) is 5.75 Å². The molecule has 1 atom stereocenters. The van der Waals surface area contributed by atoms with Crippen LogP contribution in [0.5, 0.6) is 5.75 Å². The van der Waals surface area contributed by atoms with E-state index in [4.69, 9.17) is 4.74 Å². The molecule has 2 N–H and O–H groups in total. The number of benzene rings is 1. The number of aliphatic hydroxyl groups excluding tert-OH is 1. The number of hydrogen-bond acceptors (Lipinski definition) is 3. The largest absolute Gasteiger partial charge is 0.494 e. The van der Waals surface area contributed by atoms with Gasteiger partial charge in [-0.1, -0.05) is 0 Å². The van der Waals surface area contributed by atoms with Crippen LogP contribution in [0.4, 0.5) is 18.9 Å². The zero-order chi connectivity index (χ0) is 14.5. The maximum atomic E-state index is 12.2. The molecular formula is C13H18F3NO2. The van der Waals surface area contributed by atoms with Gasteiger partial charge in [0.25, 0.3) is 0 Å². The van der Waals surface area contributed by atoms with Gasteiger partial charge in [-0.25, -0.2) is 0 Å². The van der Waals surface area contributed by atoms with E-state index in [1.54, 1.807) is 18.2 Å². The first-order chi connectivity index (χ1) is 8.85. The Bertz CT molecular complexity index is 407. The number of alkyl halides is 3. The molecule has 3 nitrogen and oxygen atoms in total. The predicted octanol–water partition coefficient (Wildman–Crippen LogP) is 3.33. The molecule has 1 aromatic carbocycles. The first kappa shape index (κ1) is 15.6. The van der Waals surface area contributed by atoms with Gasteiger partial charge in [0.05, 0.1) is 19.6 Å². The molecular weight excluding hydrogens is 259 g/mol. The Morgan fingerprint density at radius 2 is 2.05 bits per heavy atom. The van der Waals surface area contributed by atoms with Crippen LogP contribution in [0.25, 0.3) is 0 Å². The summed E-state index contributed by atoms with van der Waals surface area (Å²) in [5, 5.41) is 12.0. The van der Waals surface area contributed by atoms with Gasteiger partial charge in [-0.3, -0.25) is 0 Å². The third-order valence-corrected chi connectivity index (χ3v) is 2.48. The molecule has 0 fully saturated rings. The van der Waals surface area contributed by atoms with E-state index in [2.05, 4.69) is 5.32 Å². The van der Waals surface area contributed by atoms with E-state index < -0.39 is 18.6 Å². The Hall–Kier alpha value is -1.43. The summed E-state index contributed by atoms with van der Waals surface area (Å²) in [5.41, 5.74) is 1.08. The Balaban J connectivity index is 2.74. The molecule has 0 aliphatic carbocycles. The summed E-state index contributed by atoms with van der Waals surface area (Å²) < 4.78 is 42.0. The zero-order valence-electron chi connectivity index (χ0n) is 10.9. The Kier molecular flexibility index (Phi) is 5.47. The van der Waals surface area contributed by atoms with Crippen molar-refractivity contribution in [2.24, 2.45) is 0 Å². The minimum absolute atomic E-state index is 0.224. The molecule has 19 heavy (non-hydrogen) atoms. The highest BCUT2D eigenvalue weighted by Crippen LogP contribution is 2.26. The van der Waals surface area contributed by atoms with Crippen LogP contribution < -0.4 is 10.1 Å². The van der Waals surface area contributed by atoms with Gasteiger partial charge in [0, 0.05) is 17.3 Å². The average Bonchev–Trinajstić information content (AvgIpc) is 2.28. The number of halogens is 3. The number of hydrogen-bond donors (Lipinski definition) is 2. The van der Waals surface area contributed by atoms with Crippen LogP contribution in [0, 0.1) is 0 Å². The predicted molar refractivity (Wildman–Crippen MR) is 67.3 cm³/mol. The average molecular weight is 277 g/mol. The minimum atomic E-state index is -4.20. The summed E-state index contributed by atoms with van der Waals surface area (Å²) in [6.45, 7) is 3.52. The fraction of sp³-hybridized carbons (Fsp3) is 0.538. The normalized spacial score (nSPS) is 13.2. The molecule has 0 aromatic heterocycles. The van der Waals surface area contributed by atoms with Gasteiger partial charge in [-0.15, -0.1) is 0 Å². The van der Waals surface area contributed by atoms with Crippen LogP contribution in [0.1, 0.15) is 25.8 Å². The fourth-order valence-electron chi connectivity index (χ4n) is 1.77. The molecule has 1 rings (SSSR count). The second-order valence-corrected chi connectivity index (χ2v) is 4.28. The lowest BCUT2D eigenvalue weighted by Crippen LogP contribution is -2.23. The molecule has 1 aromatic rings. The van der Waals surface area contributed by atoms with Crippen LogP contribution in [-0.2, 0) is 6.61 Å². The summed E-state index contributed by atoms with van der Waals surface area (Å²) >= 11 is 0. The summed E-state index contributed by atoms with van der Waals surface area (Å²) in [5.74, 6) is 0.541. The lowest BCUT2D eigenvalue weighted by molar-refractivity contribution is -0.136. The van der Waals surface area contributed by atoms with Gasteiger partial charge in [-0.2, -0.15) is 13.2 Å². The number of rotatable bonds is 6. The molecule has 0 aliphatic heterocycles. The van der Waals surface area contributed by atoms with E-state index >= 15 is 0 Å². The zero-order valence-corrected chi connectivity index (χ0v) is 10.9. The summed E-state index contributed by atoms with van der Waals surface area (Å²) in [7, 11) is 0. The molecule has 0 amide bonds. The molecule has 0 saturated carbocycles. The molecule has 0 aliphatic rings. The third kappa shape index (κ3) is 5.38. The maximum Gasteiger partial charge on any atom is 0.391 e. The monoisotopic (exact) mass is 277 g/mol. The molecule has 0 heterocycles. The summed E-state index contributed by atoms with van der Waals surface area (Å²) in [4.78, 5) is 0. The first-order valence-corrected chi connectivity index (χ1v) is 6.05. The van der Waals surface area contributed by atoms with Gasteiger partial charge >= 0.3 is 6.18 Å².